The van der Waals surface area contributed by atoms with E-state index in [-0.39, 0.29) is 5.91 Å². The first-order valence-corrected chi connectivity index (χ1v) is 7.42. The van der Waals surface area contributed by atoms with Crippen molar-refractivity contribution in [3.05, 3.63) is 33.8 Å². The Kier molecular flexibility index (Phi) is 3.54. The smallest absolute Gasteiger partial charge is 0.262 e. The summed E-state index contributed by atoms with van der Waals surface area (Å²) >= 11 is 3.49. The van der Waals surface area contributed by atoms with Crippen molar-refractivity contribution >= 4 is 21.8 Å². The van der Waals surface area contributed by atoms with E-state index in [1.807, 2.05) is 18.2 Å². The normalized spacial score (nSPS) is 24.6. The second kappa shape index (κ2) is 5.07. The Balaban J connectivity index is 1.74. The van der Waals surface area contributed by atoms with Crippen LogP contribution in [0.25, 0.3) is 0 Å². The van der Waals surface area contributed by atoms with Crippen molar-refractivity contribution in [2.45, 2.75) is 31.4 Å². The number of alkyl halides is 2. The molecule has 2 aliphatic heterocycles. The maximum atomic E-state index is 13.2. The first kappa shape index (κ1) is 13.9. The van der Waals surface area contributed by atoms with E-state index in [0.717, 1.165) is 16.5 Å². The minimum atomic E-state index is -2.77. The van der Waals surface area contributed by atoms with Gasteiger partial charge in [-0.15, -0.1) is 0 Å². The Morgan fingerprint density at radius 2 is 2.25 bits per heavy atom. The second-order valence-corrected chi connectivity index (χ2v) is 6.24. The van der Waals surface area contributed by atoms with E-state index in [9.17, 15) is 13.6 Å². The Hall–Kier alpha value is -1.01. The molecule has 0 aromatic heterocycles. The lowest BCUT2D eigenvalue weighted by Crippen LogP contribution is -2.45. The molecule has 1 fully saturated rings. The van der Waals surface area contributed by atoms with Crippen molar-refractivity contribution in [3.63, 3.8) is 0 Å². The molecule has 2 heterocycles. The zero-order chi connectivity index (χ0) is 14.3. The molecule has 6 heteroatoms. The highest BCUT2D eigenvalue weighted by Crippen LogP contribution is 2.29. The lowest BCUT2D eigenvalue weighted by molar-refractivity contribution is -0.134. The number of halogens is 3. The fourth-order valence-corrected chi connectivity index (χ4v) is 3.37. The van der Waals surface area contributed by atoms with Gasteiger partial charge in [-0.3, -0.25) is 10.1 Å². The van der Waals surface area contributed by atoms with Crippen LogP contribution in [0.3, 0.4) is 0 Å². The minimum Gasteiger partial charge on any atom is -0.337 e. The Morgan fingerprint density at radius 1 is 1.45 bits per heavy atom. The van der Waals surface area contributed by atoms with Gasteiger partial charge in [0.15, 0.2) is 0 Å². The molecule has 1 atom stereocenters. The van der Waals surface area contributed by atoms with Crippen LogP contribution in [0.4, 0.5) is 8.78 Å². The molecule has 108 valence electrons. The van der Waals surface area contributed by atoms with Crippen LogP contribution >= 0.6 is 15.9 Å². The van der Waals surface area contributed by atoms with E-state index >= 15 is 0 Å². The maximum Gasteiger partial charge on any atom is 0.262 e. The summed E-state index contributed by atoms with van der Waals surface area (Å²) in [5.41, 5.74) is 2.30. The van der Waals surface area contributed by atoms with Gasteiger partial charge >= 0.3 is 0 Å². The third-order valence-electron chi connectivity index (χ3n) is 3.94. The van der Waals surface area contributed by atoms with Crippen molar-refractivity contribution in [1.82, 2.24) is 10.2 Å². The van der Waals surface area contributed by atoms with Crippen molar-refractivity contribution in [1.29, 1.82) is 0 Å². The summed E-state index contributed by atoms with van der Waals surface area (Å²) in [6.45, 7) is 0.670. The summed E-state index contributed by atoms with van der Waals surface area (Å²) in [4.78, 5) is 14.0. The zero-order valence-electron chi connectivity index (χ0n) is 10.8. The molecular formula is C14H15BrF2N2O. The number of nitrogens with zero attached hydrogens (tertiary/aromatic N) is 1. The first-order chi connectivity index (χ1) is 9.46. The number of hydrogen-bond acceptors (Lipinski definition) is 2. The van der Waals surface area contributed by atoms with Crippen LogP contribution < -0.4 is 5.32 Å². The quantitative estimate of drug-likeness (QED) is 0.847. The first-order valence-electron chi connectivity index (χ1n) is 6.62. The summed E-state index contributed by atoms with van der Waals surface area (Å²) in [5.74, 6) is -2.99. The third kappa shape index (κ3) is 2.59. The van der Waals surface area contributed by atoms with Gasteiger partial charge in [-0.05, 0) is 23.6 Å². The van der Waals surface area contributed by atoms with Crippen LogP contribution in [0.15, 0.2) is 22.7 Å². The van der Waals surface area contributed by atoms with Crippen molar-refractivity contribution in [3.8, 4) is 0 Å². The molecule has 3 rings (SSSR count). The summed E-state index contributed by atoms with van der Waals surface area (Å²) in [6, 6.07) is 5.20. The lowest BCUT2D eigenvalue weighted by Gasteiger charge is -2.31. The molecule has 1 aromatic carbocycles. The van der Waals surface area contributed by atoms with Crippen LogP contribution in [0.2, 0.25) is 0 Å². The number of hydrogen-bond donors (Lipinski definition) is 1. The predicted octanol–water partition coefficient (Wildman–Crippen LogP) is 2.33. The Labute approximate surface area is 124 Å². The fourth-order valence-electron chi connectivity index (χ4n) is 2.84. The molecule has 0 bridgehead atoms. The highest BCUT2D eigenvalue weighted by Gasteiger charge is 2.43. The molecule has 0 spiro atoms. The highest BCUT2D eigenvalue weighted by molar-refractivity contribution is 9.10. The Bertz CT molecular complexity index is 550. The molecule has 1 amide bonds. The molecule has 0 saturated carbocycles. The van der Waals surface area contributed by atoms with Gasteiger partial charge < -0.3 is 4.90 Å². The Morgan fingerprint density at radius 3 is 2.95 bits per heavy atom. The van der Waals surface area contributed by atoms with Gasteiger partial charge in [-0.25, -0.2) is 8.78 Å². The minimum absolute atomic E-state index is 0.219. The van der Waals surface area contributed by atoms with Crippen LogP contribution in [0.1, 0.15) is 17.5 Å². The highest BCUT2D eigenvalue weighted by atomic mass is 79.9. The molecular weight excluding hydrogens is 330 g/mol. The van der Waals surface area contributed by atoms with E-state index in [4.69, 9.17) is 0 Å². The summed E-state index contributed by atoms with van der Waals surface area (Å²) < 4.78 is 27.3. The van der Waals surface area contributed by atoms with Crippen molar-refractivity contribution in [2.24, 2.45) is 0 Å². The summed E-state index contributed by atoms with van der Waals surface area (Å²) in [5, 5.41) is 2.63. The topological polar surface area (TPSA) is 32.3 Å². The largest absolute Gasteiger partial charge is 0.337 e. The average molecular weight is 345 g/mol. The average Bonchev–Trinajstić information content (AvgIpc) is 2.78. The van der Waals surface area contributed by atoms with Crippen LogP contribution in [-0.2, 0) is 17.8 Å². The van der Waals surface area contributed by atoms with E-state index in [1.165, 1.54) is 5.56 Å². The zero-order valence-corrected chi connectivity index (χ0v) is 12.4. The van der Waals surface area contributed by atoms with Gasteiger partial charge in [-0.2, -0.15) is 0 Å². The van der Waals surface area contributed by atoms with E-state index < -0.39 is 24.9 Å². The SMILES string of the molecule is O=C(C1CC(F)(F)CN1)N1CCc2cccc(Br)c2C1. The number of nitrogens with one attached hydrogen (secondary N) is 1. The molecule has 3 nitrogen and oxygen atoms in total. The number of carbonyl (C=O) groups is 1. The van der Waals surface area contributed by atoms with Gasteiger partial charge in [0.25, 0.3) is 5.92 Å². The molecule has 2 aliphatic rings. The number of carbonyl (C=O) groups excluding carboxylic acids is 1. The second-order valence-electron chi connectivity index (χ2n) is 5.38. The molecule has 0 radical (unpaired) electrons. The third-order valence-corrected chi connectivity index (χ3v) is 4.68. The molecule has 20 heavy (non-hydrogen) atoms. The monoisotopic (exact) mass is 344 g/mol. The van der Waals surface area contributed by atoms with E-state index in [1.54, 1.807) is 4.90 Å². The van der Waals surface area contributed by atoms with Gasteiger partial charge in [0, 0.05) is 24.0 Å². The van der Waals surface area contributed by atoms with Gasteiger partial charge in [0.1, 0.15) is 0 Å². The van der Waals surface area contributed by atoms with Crippen LogP contribution in [0, 0.1) is 0 Å². The maximum absolute atomic E-state index is 13.2. The number of rotatable bonds is 1. The van der Waals surface area contributed by atoms with Crippen molar-refractivity contribution in [2.75, 3.05) is 13.1 Å². The van der Waals surface area contributed by atoms with Crippen LogP contribution in [-0.4, -0.2) is 35.9 Å². The number of amides is 1. The summed E-state index contributed by atoms with van der Waals surface area (Å²) in [7, 11) is 0. The fraction of sp³-hybridized carbons (Fsp3) is 0.500. The van der Waals surface area contributed by atoms with Gasteiger partial charge in [0.05, 0.1) is 12.6 Å². The van der Waals surface area contributed by atoms with E-state index in [2.05, 4.69) is 21.2 Å². The van der Waals surface area contributed by atoms with E-state index in [0.29, 0.717) is 13.1 Å². The molecule has 1 aromatic rings. The lowest BCUT2D eigenvalue weighted by atomic mass is 9.99. The summed E-state index contributed by atoms with van der Waals surface area (Å²) in [6.07, 6.45) is 0.370. The molecule has 1 unspecified atom stereocenters. The number of fused-ring (bicyclic) bond motifs is 1. The van der Waals surface area contributed by atoms with Crippen LogP contribution in [0.5, 0.6) is 0 Å². The molecule has 0 aliphatic carbocycles. The number of benzene rings is 1. The van der Waals surface area contributed by atoms with Gasteiger partial charge in [-0.1, -0.05) is 28.1 Å². The predicted molar refractivity (Wildman–Crippen MR) is 74.6 cm³/mol. The molecule has 1 saturated heterocycles. The van der Waals surface area contributed by atoms with Gasteiger partial charge in [0.2, 0.25) is 5.91 Å². The van der Waals surface area contributed by atoms with Crippen molar-refractivity contribution < 1.29 is 13.6 Å². The standard InChI is InChI=1S/C14H15BrF2N2O/c15-11-3-1-2-9-4-5-19(7-10(9)11)13(20)12-6-14(16,17)8-18-12/h1-3,12,18H,4-8H2. The molecule has 1 N–H and O–H groups in total.